The van der Waals surface area contributed by atoms with Crippen molar-refractivity contribution in [2.45, 2.75) is 10.9 Å². The number of hydrogen-bond donors (Lipinski definition) is 1. The van der Waals surface area contributed by atoms with E-state index in [0.29, 0.717) is 30.5 Å². The van der Waals surface area contributed by atoms with Crippen molar-refractivity contribution in [1.29, 1.82) is 0 Å². The van der Waals surface area contributed by atoms with Crippen molar-refractivity contribution >= 4 is 22.8 Å². The van der Waals surface area contributed by atoms with E-state index in [4.69, 9.17) is 18.9 Å². The largest absolute Gasteiger partial charge is 0.493 e. The van der Waals surface area contributed by atoms with Crippen molar-refractivity contribution in [3.8, 4) is 23.0 Å². The molecule has 25 heavy (non-hydrogen) atoms. The van der Waals surface area contributed by atoms with E-state index in [1.165, 1.54) is 0 Å². The molecule has 8 heteroatoms. The highest BCUT2D eigenvalue weighted by molar-refractivity contribution is 7.98. The van der Waals surface area contributed by atoms with Gasteiger partial charge in [0.25, 0.3) is 0 Å². The van der Waals surface area contributed by atoms with Crippen LogP contribution in [0.2, 0.25) is 0 Å². The number of aromatic amines is 1. The summed E-state index contributed by atoms with van der Waals surface area (Å²) >= 11 is 1.57. The summed E-state index contributed by atoms with van der Waals surface area (Å²) in [6.45, 7) is 1.13. The van der Waals surface area contributed by atoms with Crippen LogP contribution in [0.15, 0.2) is 29.6 Å². The van der Waals surface area contributed by atoms with Crippen molar-refractivity contribution in [3.63, 3.8) is 0 Å². The van der Waals surface area contributed by atoms with Crippen LogP contribution >= 0.6 is 11.8 Å². The lowest BCUT2D eigenvalue weighted by atomic mass is 10.2. The summed E-state index contributed by atoms with van der Waals surface area (Å²) in [5, 5.41) is 0.814. The molecule has 0 unspecified atom stereocenters. The highest BCUT2D eigenvalue weighted by Gasteiger charge is 2.15. The molecule has 4 rings (SSSR count). The Morgan fingerprint density at radius 1 is 1.08 bits per heavy atom. The van der Waals surface area contributed by atoms with Crippen LogP contribution in [0.4, 0.5) is 0 Å². The second-order valence-electron chi connectivity index (χ2n) is 5.37. The van der Waals surface area contributed by atoms with E-state index in [1.807, 2.05) is 18.2 Å². The topological polar surface area (TPSA) is 78.5 Å². The first-order valence-electron chi connectivity index (χ1n) is 7.76. The summed E-state index contributed by atoms with van der Waals surface area (Å²) in [4.78, 5) is 12.3. The van der Waals surface area contributed by atoms with Gasteiger partial charge in [-0.05, 0) is 0 Å². The van der Waals surface area contributed by atoms with Gasteiger partial charge in [0.05, 0.1) is 37.1 Å². The summed E-state index contributed by atoms with van der Waals surface area (Å²) in [6, 6.07) is 5.70. The van der Waals surface area contributed by atoms with E-state index in [9.17, 15) is 0 Å². The SMILES string of the molecule is COc1cnc(CSc2nc3cc4c(cc3[nH]2)OCCO4)cc1OC. The number of pyridine rings is 1. The Bertz CT molecular complexity index is 869. The Balaban J connectivity index is 1.53. The summed E-state index contributed by atoms with van der Waals surface area (Å²) in [6.07, 6.45) is 1.66. The quantitative estimate of drug-likeness (QED) is 0.702. The first-order valence-corrected chi connectivity index (χ1v) is 8.74. The van der Waals surface area contributed by atoms with Crippen LogP contribution in [0.5, 0.6) is 23.0 Å². The number of thioether (sulfide) groups is 1. The van der Waals surface area contributed by atoms with Gasteiger partial charge in [0.15, 0.2) is 28.2 Å². The van der Waals surface area contributed by atoms with Gasteiger partial charge in [0.1, 0.15) is 13.2 Å². The standard InChI is InChI=1S/C17H17N3O4S/c1-21-13-5-10(18-8-16(13)22-2)9-25-17-19-11-6-14-15(7-12(11)20-17)24-4-3-23-14/h5-8H,3-4,9H2,1-2H3,(H,19,20). The number of nitrogens with one attached hydrogen (secondary N) is 1. The lowest BCUT2D eigenvalue weighted by molar-refractivity contribution is 0.172. The molecule has 7 nitrogen and oxygen atoms in total. The highest BCUT2D eigenvalue weighted by atomic mass is 32.2. The van der Waals surface area contributed by atoms with E-state index in [1.54, 1.807) is 32.2 Å². The van der Waals surface area contributed by atoms with Gasteiger partial charge < -0.3 is 23.9 Å². The predicted molar refractivity (Wildman–Crippen MR) is 94.0 cm³/mol. The van der Waals surface area contributed by atoms with Crippen molar-refractivity contribution in [3.05, 3.63) is 30.1 Å². The van der Waals surface area contributed by atoms with Crippen LogP contribution in [0.3, 0.4) is 0 Å². The number of hydrogen-bond acceptors (Lipinski definition) is 7. The molecule has 0 amide bonds. The van der Waals surface area contributed by atoms with Gasteiger partial charge in [-0.2, -0.15) is 0 Å². The van der Waals surface area contributed by atoms with Gasteiger partial charge in [-0.1, -0.05) is 11.8 Å². The Labute approximate surface area is 148 Å². The third kappa shape index (κ3) is 3.17. The monoisotopic (exact) mass is 359 g/mol. The molecular weight excluding hydrogens is 342 g/mol. The molecule has 0 bridgehead atoms. The minimum Gasteiger partial charge on any atom is -0.493 e. The van der Waals surface area contributed by atoms with Crippen molar-refractivity contribution in [1.82, 2.24) is 15.0 Å². The van der Waals surface area contributed by atoms with E-state index < -0.39 is 0 Å². The number of ether oxygens (including phenoxy) is 4. The van der Waals surface area contributed by atoms with Crippen LogP contribution < -0.4 is 18.9 Å². The second-order valence-corrected chi connectivity index (χ2v) is 6.34. The molecule has 0 radical (unpaired) electrons. The van der Waals surface area contributed by atoms with Gasteiger partial charge in [0, 0.05) is 24.0 Å². The molecule has 0 fully saturated rings. The molecule has 0 aliphatic carbocycles. The maximum Gasteiger partial charge on any atom is 0.179 e. The zero-order valence-electron chi connectivity index (χ0n) is 13.9. The number of fused-ring (bicyclic) bond motifs is 2. The van der Waals surface area contributed by atoms with Gasteiger partial charge in [-0.15, -0.1) is 0 Å². The lowest BCUT2D eigenvalue weighted by Crippen LogP contribution is -2.15. The fraction of sp³-hybridized carbons (Fsp3) is 0.294. The average Bonchev–Trinajstić information content (AvgIpc) is 3.05. The first-order chi connectivity index (χ1) is 12.3. The molecule has 0 saturated carbocycles. The third-order valence-corrected chi connectivity index (χ3v) is 4.72. The second kappa shape index (κ2) is 6.72. The molecule has 0 saturated heterocycles. The molecule has 1 aliphatic rings. The zero-order chi connectivity index (χ0) is 17.2. The number of imidazole rings is 1. The van der Waals surface area contributed by atoms with E-state index in [2.05, 4.69) is 15.0 Å². The molecule has 1 N–H and O–H groups in total. The van der Waals surface area contributed by atoms with Crippen LogP contribution in [-0.4, -0.2) is 42.4 Å². The number of nitrogens with zero attached hydrogens (tertiary/aromatic N) is 2. The molecule has 2 aromatic heterocycles. The maximum atomic E-state index is 5.60. The van der Waals surface area contributed by atoms with E-state index in [-0.39, 0.29) is 0 Å². The van der Waals surface area contributed by atoms with Crippen LogP contribution in [0.1, 0.15) is 5.69 Å². The molecule has 1 aromatic carbocycles. The Kier molecular flexibility index (Phi) is 4.27. The Morgan fingerprint density at radius 3 is 2.60 bits per heavy atom. The van der Waals surface area contributed by atoms with E-state index in [0.717, 1.165) is 33.4 Å². The van der Waals surface area contributed by atoms with Crippen molar-refractivity contribution in [2.24, 2.45) is 0 Å². The van der Waals surface area contributed by atoms with Gasteiger partial charge in [-0.3, -0.25) is 4.98 Å². The normalized spacial score (nSPS) is 13.0. The average molecular weight is 359 g/mol. The van der Waals surface area contributed by atoms with Crippen molar-refractivity contribution in [2.75, 3.05) is 27.4 Å². The zero-order valence-corrected chi connectivity index (χ0v) is 14.7. The summed E-state index contributed by atoms with van der Waals surface area (Å²) in [7, 11) is 3.20. The molecule has 3 aromatic rings. The third-order valence-electron chi connectivity index (χ3n) is 3.81. The van der Waals surface area contributed by atoms with Crippen molar-refractivity contribution < 1.29 is 18.9 Å². The Hall–Kier alpha value is -2.61. The molecule has 1 aliphatic heterocycles. The molecule has 0 atom stereocenters. The number of methoxy groups -OCH3 is 2. The van der Waals surface area contributed by atoms with E-state index >= 15 is 0 Å². The van der Waals surface area contributed by atoms with Gasteiger partial charge in [-0.25, -0.2) is 4.98 Å². The maximum absolute atomic E-state index is 5.60. The van der Waals surface area contributed by atoms with Gasteiger partial charge in [0.2, 0.25) is 0 Å². The first kappa shape index (κ1) is 15.9. The molecular formula is C17H17N3O4S. The predicted octanol–water partition coefficient (Wildman–Crippen LogP) is 3.04. The fourth-order valence-corrected chi connectivity index (χ4v) is 3.38. The minimum absolute atomic E-state index is 0.565. The molecule has 130 valence electrons. The number of aromatic nitrogens is 3. The highest BCUT2D eigenvalue weighted by Crippen LogP contribution is 2.35. The minimum atomic E-state index is 0.565. The Morgan fingerprint density at radius 2 is 1.84 bits per heavy atom. The lowest BCUT2D eigenvalue weighted by Gasteiger charge is -2.17. The smallest absolute Gasteiger partial charge is 0.179 e. The summed E-state index contributed by atoms with van der Waals surface area (Å²) in [5.74, 6) is 3.43. The molecule has 0 spiro atoms. The fourth-order valence-electron chi connectivity index (χ4n) is 2.59. The summed E-state index contributed by atoms with van der Waals surface area (Å²) < 4.78 is 21.7. The van der Waals surface area contributed by atoms with Crippen LogP contribution in [0.25, 0.3) is 11.0 Å². The molecule has 3 heterocycles. The summed E-state index contributed by atoms with van der Waals surface area (Å²) in [5.41, 5.74) is 2.66. The van der Waals surface area contributed by atoms with Gasteiger partial charge >= 0.3 is 0 Å². The van der Waals surface area contributed by atoms with Crippen LogP contribution in [-0.2, 0) is 5.75 Å². The number of rotatable bonds is 5. The number of H-pyrrole nitrogens is 1. The van der Waals surface area contributed by atoms with Crippen LogP contribution in [0, 0.1) is 0 Å². The number of benzene rings is 1.